The van der Waals surface area contributed by atoms with Crippen LogP contribution >= 0.6 is 0 Å². The Morgan fingerprint density at radius 2 is 2.33 bits per heavy atom. The van der Waals surface area contributed by atoms with E-state index in [1.165, 1.54) is 12.3 Å². The van der Waals surface area contributed by atoms with Gasteiger partial charge in [-0.05, 0) is 25.5 Å². The van der Waals surface area contributed by atoms with Gasteiger partial charge in [-0.2, -0.15) is 0 Å². The lowest BCUT2D eigenvalue weighted by atomic mass is 10.3. The lowest BCUT2D eigenvalue weighted by Gasteiger charge is -2.12. The second-order valence-electron chi connectivity index (χ2n) is 3.41. The summed E-state index contributed by atoms with van der Waals surface area (Å²) in [5.74, 6) is -0.299. The van der Waals surface area contributed by atoms with Crippen molar-refractivity contribution in [2.24, 2.45) is 0 Å². The van der Waals surface area contributed by atoms with Crippen molar-refractivity contribution in [3.8, 4) is 0 Å². The van der Waals surface area contributed by atoms with Gasteiger partial charge in [0.1, 0.15) is 5.82 Å². The predicted octanol–water partition coefficient (Wildman–Crippen LogP) is 1.74. The molecule has 0 aliphatic rings. The van der Waals surface area contributed by atoms with Gasteiger partial charge in [-0.15, -0.1) is 0 Å². The fourth-order valence-corrected chi connectivity index (χ4v) is 1.32. The van der Waals surface area contributed by atoms with Gasteiger partial charge < -0.3 is 10.1 Å². The zero-order valence-electron chi connectivity index (χ0n) is 9.16. The molecule has 1 aromatic heterocycles. The van der Waals surface area contributed by atoms with E-state index in [1.807, 2.05) is 13.8 Å². The molecule has 0 saturated heterocycles. The number of hydrogen-bond donors (Lipinski definition) is 1. The van der Waals surface area contributed by atoms with Crippen LogP contribution in [0.5, 0.6) is 0 Å². The van der Waals surface area contributed by atoms with Gasteiger partial charge in [0.25, 0.3) is 0 Å². The van der Waals surface area contributed by atoms with E-state index in [0.29, 0.717) is 13.2 Å². The van der Waals surface area contributed by atoms with Crippen LogP contribution in [-0.4, -0.2) is 24.2 Å². The van der Waals surface area contributed by atoms with Gasteiger partial charge in [-0.25, -0.2) is 4.39 Å². The maximum atomic E-state index is 12.8. The Bertz CT molecular complexity index is 294. The minimum atomic E-state index is -0.299. The summed E-state index contributed by atoms with van der Waals surface area (Å²) in [5.41, 5.74) is 0.846. The van der Waals surface area contributed by atoms with Gasteiger partial charge in [0.2, 0.25) is 0 Å². The van der Waals surface area contributed by atoms with Crippen molar-refractivity contribution >= 4 is 0 Å². The summed E-state index contributed by atoms with van der Waals surface area (Å²) in [5, 5.41) is 3.18. The molecule has 0 bridgehead atoms. The third-order valence-electron chi connectivity index (χ3n) is 1.97. The SMILES string of the molecule is CCOC(C)CNCc1cncc(F)c1. The third-order valence-corrected chi connectivity index (χ3v) is 1.97. The highest BCUT2D eigenvalue weighted by Crippen LogP contribution is 2.00. The Morgan fingerprint density at radius 1 is 1.53 bits per heavy atom. The third kappa shape index (κ3) is 4.85. The molecule has 0 aromatic carbocycles. The Morgan fingerprint density at radius 3 is 3.00 bits per heavy atom. The molecule has 0 fully saturated rings. The first kappa shape index (κ1) is 12.1. The number of pyridine rings is 1. The number of hydrogen-bond acceptors (Lipinski definition) is 3. The molecule has 1 heterocycles. The standard InChI is InChI=1S/C11H17FN2O/c1-3-15-9(2)5-13-6-10-4-11(12)8-14-7-10/h4,7-9,13H,3,5-6H2,1-2H3. The van der Waals surface area contributed by atoms with Crippen LogP contribution in [-0.2, 0) is 11.3 Å². The summed E-state index contributed by atoms with van der Waals surface area (Å²) in [4.78, 5) is 3.77. The topological polar surface area (TPSA) is 34.1 Å². The van der Waals surface area contributed by atoms with Crippen molar-refractivity contribution in [3.63, 3.8) is 0 Å². The van der Waals surface area contributed by atoms with Crippen molar-refractivity contribution in [2.75, 3.05) is 13.2 Å². The highest BCUT2D eigenvalue weighted by Gasteiger charge is 2.00. The molecule has 1 N–H and O–H groups in total. The summed E-state index contributed by atoms with van der Waals surface area (Å²) >= 11 is 0. The number of rotatable bonds is 6. The highest BCUT2D eigenvalue weighted by atomic mass is 19.1. The minimum absolute atomic E-state index is 0.177. The molecule has 3 nitrogen and oxygen atoms in total. The largest absolute Gasteiger partial charge is 0.377 e. The first-order valence-corrected chi connectivity index (χ1v) is 5.14. The Labute approximate surface area is 89.7 Å². The van der Waals surface area contributed by atoms with Gasteiger partial charge in [0, 0.05) is 25.9 Å². The second-order valence-corrected chi connectivity index (χ2v) is 3.41. The van der Waals surface area contributed by atoms with Crippen LogP contribution in [0.2, 0.25) is 0 Å². The normalized spacial score (nSPS) is 12.7. The number of nitrogens with one attached hydrogen (secondary N) is 1. The zero-order chi connectivity index (χ0) is 11.1. The van der Waals surface area contributed by atoms with Crippen molar-refractivity contribution in [1.29, 1.82) is 0 Å². The van der Waals surface area contributed by atoms with E-state index in [4.69, 9.17) is 4.74 Å². The summed E-state index contributed by atoms with van der Waals surface area (Å²) in [6.07, 6.45) is 3.03. The van der Waals surface area contributed by atoms with Crippen LogP contribution in [0.25, 0.3) is 0 Å². The van der Waals surface area contributed by atoms with Crippen LogP contribution in [0.4, 0.5) is 4.39 Å². The number of nitrogens with zero attached hydrogens (tertiary/aromatic N) is 1. The first-order valence-electron chi connectivity index (χ1n) is 5.14. The molecule has 0 spiro atoms. The fraction of sp³-hybridized carbons (Fsp3) is 0.545. The molecule has 0 amide bonds. The number of halogens is 1. The van der Waals surface area contributed by atoms with Crippen molar-refractivity contribution < 1.29 is 9.13 Å². The van der Waals surface area contributed by atoms with Crippen molar-refractivity contribution in [3.05, 3.63) is 29.8 Å². The molecule has 1 aromatic rings. The number of ether oxygens (including phenoxy) is 1. The molecular formula is C11H17FN2O. The Balaban J connectivity index is 2.25. The average Bonchev–Trinajstić information content (AvgIpc) is 2.18. The first-order chi connectivity index (χ1) is 7.22. The van der Waals surface area contributed by atoms with E-state index < -0.39 is 0 Å². The van der Waals surface area contributed by atoms with E-state index in [-0.39, 0.29) is 11.9 Å². The molecule has 4 heteroatoms. The van der Waals surface area contributed by atoms with Crippen molar-refractivity contribution in [1.82, 2.24) is 10.3 Å². The Hall–Kier alpha value is -1.00. The van der Waals surface area contributed by atoms with Gasteiger partial charge in [0.15, 0.2) is 0 Å². The van der Waals surface area contributed by atoms with E-state index >= 15 is 0 Å². The number of aromatic nitrogens is 1. The zero-order valence-corrected chi connectivity index (χ0v) is 9.16. The van der Waals surface area contributed by atoms with Crippen LogP contribution in [0.1, 0.15) is 19.4 Å². The maximum absolute atomic E-state index is 12.8. The molecular weight excluding hydrogens is 195 g/mol. The summed E-state index contributed by atoms with van der Waals surface area (Å²) in [6, 6.07) is 1.48. The molecule has 1 rings (SSSR count). The molecule has 1 atom stereocenters. The van der Waals surface area contributed by atoms with Crippen LogP contribution in [0.15, 0.2) is 18.5 Å². The predicted molar refractivity (Wildman–Crippen MR) is 57.0 cm³/mol. The molecule has 1 unspecified atom stereocenters. The Kier molecular flexibility index (Phi) is 5.21. The monoisotopic (exact) mass is 212 g/mol. The molecule has 84 valence electrons. The van der Waals surface area contributed by atoms with E-state index in [9.17, 15) is 4.39 Å². The molecule has 0 aliphatic heterocycles. The fourth-order valence-electron chi connectivity index (χ4n) is 1.32. The van der Waals surface area contributed by atoms with Gasteiger partial charge in [-0.1, -0.05) is 0 Å². The average molecular weight is 212 g/mol. The minimum Gasteiger partial charge on any atom is -0.377 e. The van der Waals surface area contributed by atoms with Crippen LogP contribution in [0, 0.1) is 5.82 Å². The van der Waals surface area contributed by atoms with E-state index in [1.54, 1.807) is 6.20 Å². The quantitative estimate of drug-likeness (QED) is 0.779. The lowest BCUT2D eigenvalue weighted by molar-refractivity contribution is 0.0759. The van der Waals surface area contributed by atoms with Gasteiger partial charge >= 0.3 is 0 Å². The lowest BCUT2D eigenvalue weighted by Crippen LogP contribution is -2.26. The molecule has 0 radical (unpaired) electrons. The van der Waals surface area contributed by atoms with Crippen LogP contribution < -0.4 is 5.32 Å². The maximum Gasteiger partial charge on any atom is 0.141 e. The molecule has 0 saturated carbocycles. The van der Waals surface area contributed by atoms with Crippen molar-refractivity contribution in [2.45, 2.75) is 26.5 Å². The van der Waals surface area contributed by atoms with Crippen LogP contribution in [0.3, 0.4) is 0 Å². The second kappa shape index (κ2) is 6.48. The summed E-state index contributed by atoms with van der Waals surface area (Å²) < 4.78 is 18.1. The summed E-state index contributed by atoms with van der Waals surface area (Å²) in [6.45, 7) is 6.05. The van der Waals surface area contributed by atoms with Gasteiger partial charge in [-0.3, -0.25) is 4.98 Å². The van der Waals surface area contributed by atoms with E-state index in [2.05, 4.69) is 10.3 Å². The van der Waals surface area contributed by atoms with Gasteiger partial charge in [0.05, 0.1) is 12.3 Å². The smallest absolute Gasteiger partial charge is 0.141 e. The van der Waals surface area contributed by atoms with E-state index in [0.717, 1.165) is 12.1 Å². The summed E-state index contributed by atoms with van der Waals surface area (Å²) in [7, 11) is 0. The molecule has 15 heavy (non-hydrogen) atoms. The molecule has 0 aliphatic carbocycles. The highest BCUT2D eigenvalue weighted by molar-refractivity contribution is 5.09.